The third-order valence-electron chi connectivity index (χ3n) is 2.50. The van der Waals surface area contributed by atoms with Crippen LogP contribution in [0.1, 0.15) is 20.8 Å². The first-order valence-corrected chi connectivity index (χ1v) is 5.95. The molecule has 8 nitrogen and oxygen atoms in total. The lowest BCUT2D eigenvalue weighted by atomic mass is 10.3. The van der Waals surface area contributed by atoms with Gasteiger partial charge in [0.1, 0.15) is 6.04 Å². The summed E-state index contributed by atoms with van der Waals surface area (Å²) in [7, 11) is 2.79. The van der Waals surface area contributed by atoms with E-state index in [0.717, 1.165) is 9.25 Å². The monoisotopic (exact) mass is 269 g/mol. The van der Waals surface area contributed by atoms with Crippen molar-refractivity contribution in [2.24, 2.45) is 14.1 Å². The molecule has 19 heavy (non-hydrogen) atoms. The maximum atomic E-state index is 11.8. The van der Waals surface area contributed by atoms with E-state index in [-0.39, 0.29) is 17.8 Å². The van der Waals surface area contributed by atoms with Crippen LogP contribution < -0.4 is 21.9 Å². The second-order valence-corrected chi connectivity index (χ2v) is 4.65. The fourth-order valence-electron chi connectivity index (χ4n) is 1.47. The van der Waals surface area contributed by atoms with Crippen LogP contribution in [0.2, 0.25) is 0 Å². The Morgan fingerprint density at radius 3 is 2.32 bits per heavy atom. The molecule has 1 rings (SSSR count). The van der Waals surface area contributed by atoms with E-state index < -0.39 is 17.3 Å². The molecule has 0 radical (unpaired) electrons. The normalized spacial score (nSPS) is 12.3. The summed E-state index contributed by atoms with van der Waals surface area (Å²) in [6, 6.07) is -0.618. The van der Waals surface area contributed by atoms with Crippen LogP contribution in [-0.4, -0.2) is 32.3 Å². The van der Waals surface area contributed by atoms with Gasteiger partial charge in [-0.3, -0.25) is 14.2 Å². The SMILES string of the molecule is CC(C)NC(=O)C(C)Nc1nn(C)c(=O)n(C)c1=O. The summed E-state index contributed by atoms with van der Waals surface area (Å²) in [6.07, 6.45) is 0. The van der Waals surface area contributed by atoms with E-state index >= 15 is 0 Å². The van der Waals surface area contributed by atoms with Gasteiger partial charge in [-0.05, 0) is 20.8 Å². The molecule has 0 fully saturated rings. The Morgan fingerprint density at radius 2 is 1.79 bits per heavy atom. The average Bonchev–Trinajstić information content (AvgIpc) is 2.32. The molecular formula is C11H19N5O3. The van der Waals surface area contributed by atoms with Crippen molar-refractivity contribution in [2.45, 2.75) is 32.9 Å². The van der Waals surface area contributed by atoms with Crippen molar-refractivity contribution in [1.29, 1.82) is 0 Å². The number of hydrogen-bond donors (Lipinski definition) is 2. The van der Waals surface area contributed by atoms with Crippen molar-refractivity contribution in [3.63, 3.8) is 0 Å². The van der Waals surface area contributed by atoms with Gasteiger partial charge in [0.25, 0.3) is 5.56 Å². The predicted octanol–water partition coefficient (Wildman–Crippen LogP) is -1.20. The first-order valence-electron chi connectivity index (χ1n) is 5.95. The van der Waals surface area contributed by atoms with Crippen LogP contribution in [0.15, 0.2) is 9.59 Å². The molecule has 0 aliphatic rings. The number of hydrogen-bond acceptors (Lipinski definition) is 5. The van der Waals surface area contributed by atoms with Gasteiger partial charge in [-0.2, -0.15) is 0 Å². The Bertz CT molecular complexity index is 587. The molecule has 106 valence electrons. The first-order chi connectivity index (χ1) is 8.73. The van der Waals surface area contributed by atoms with E-state index in [4.69, 9.17) is 0 Å². The highest BCUT2D eigenvalue weighted by Gasteiger charge is 2.17. The van der Waals surface area contributed by atoms with E-state index in [1.54, 1.807) is 6.92 Å². The molecule has 2 N–H and O–H groups in total. The Morgan fingerprint density at radius 1 is 1.21 bits per heavy atom. The minimum absolute atomic E-state index is 0.00710. The summed E-state index contributed by atoms with van der Waals surface area (Å²) in [5, 5.41) is 9.24. The molecule has 1 heterocycles. The standard InChI is InChI=1S/C11H19N5O3/c1-6(2)12-9(17)7(3)13-8-10(18)15(4)11(19)16(5)14-8/h6-7H,1-5H3,(H,12,17)(H,13,14). The summed E-state index contributed by atoms with van der Waals surface area (Å²) < 4.78 is 1.97. The molecular weight excluding hydrogens is 250 g/mol. The zero-order valence-corrected chi connectivity index (χ0v) is 11.7. The number of carbonyl (C=O) groups excluding carboxylic acids is 1. The first kappa shape index (κ1) is 14.9. The summed E-state index contributed by atoms with van der Waals surface area (Å²) >= 11 is 0. The summed E-state index contributed by atoms with van der Waals surface area (Å²) in [5.74, 6) is -0.274. The molecule has 8 heteroatoms. The lowest BCUT2D eigenvalue weighted by Gasteiger charge is -2.16. The fourth-order valence-corrected chi connectivity index (χ4v) is 1.47. The minimum atomic E-state index is -0.625. The minimum Gasteiger partial charge on any atom is -0.353 e. The fraction of sp³-hybridized carbons (Fsp3) is 0.636. The van der Waals surface area contributed by atoms with E-state index in [1.165, 1.54) is 14.1 Å². The number of rotatable bonds is 4. The molecule has 0 aromatic carbocycles. The number of carbonyl (C=O) groups is 1. The maximum Gasteiger partial charge on any atom is 0.346 e. The van der Waals surface area contributed by atoms with Gasteiger partial charge in [0.2, 0.25) is 11.7 Å². The van der Waals surface area contributed by atoms with E-state index in [9.17, 15) is 14.4 Å². The molecule has 1 amide bonds. The van der Waals surface area contributed by atoms with Crippen LogP contribution in [0.3, 0.4) is 0 Å². The maximum absolute atomic E-state index is 11.8. The van der Waals surface area contributed by atoms with Crippen molar-refractivity contribution in [1.82, 2.24) is 19.7 Å². The van der Waals surface area contributed by atoms with Gasteiger partial charge >= 0.3 is 5.69 Å². The summed E-state index contributed by atoms with van der Waals surface area (Å²) in [4.78, 5) is 35.0. The number of nitrogens with one attached hydrogen (secondary N) is 2. The largest absolute Gasteiger partial charge is 0.353 e. The molecule has 1 unspecified atom stereocenters. The smallest absolute Gasteiger partial charge is 0.346 e. The van der Waals surface area contributed by atoms with E-state index in [2.05, 4.69) is 15.7 Å². The van der Waals surface area contributed by atoms with E-state index in [1.807, 2.05) is 13.8 Å². The van der Waals surface area contributed by atoms with Crippen molar-refractivity contribution in [3.05, 3.63) is 20.8 Å². The molecule has 0 aliphatic heterocycles. The molecule has 0 saturated heterocycles. The molecule has 0 spiro atoms. The highest BCUT2D eigenvalue weighted by Crippen LogP contribution is 1.95. The second kappa shape index (κ2) is 5.68. The van der Waals surface area contributed by atoms with Crippen molar-refractivity contribution < 1.29 is 4.79 Å². The molecule has 1 atom stereocenters. The Labute approximate surface area is 110 Å². The summed E-state index contributed by atoms with van der Waals surface area (Å²) in [6.45, 7) is 5.30. The second-order valence-electron chi connectivity index (χ2n) is 4.65. The number of aryl methyl sites for hydroxylation is 1. The van der Waals surface area contributed by atoms with Crippen molar-refractivity contribution in [3.8, 4) is 0 Å². The highest BCUT2D eigenvalue weighted by atomic mass is 16.2. The van der Waals surface area contributed by atoms with Crippen LogP contribution >= 0.6 is 0 Å². The van der Waals surface area contributed by atoms with Gasteiger partial charge in [0.15, 0.2) is 0 Å². The number of amides is 1. The Balaban J connectivity index is 2.98. The van der Waals surface area contributed by atoms with Crippen LogP contribution in [0.4, 0.5) is 5.82 Å². The molecule has 0 saturated carbocycles. The number of aromatic nitrogens is 3. The zero-order valence-electron chi connectivity index (χ0n) is 11.7. The van der Waals surface area contributed by atoms with Crippen LogP contribution in [-0.2, 0) is 18.9 Å². The van der Waals surface area contributed by atoms with Gasteiger partial charge in [-0.25, -0.2) is 9.48 Å². The number of nitrogens with zero attached hydrogens (tertiary/aromatic N) is 3. The van der Waals surface area contributed by atoms with Crippen LogP contribution in [0, 0.1) is 0 Å². The van der Waals surface area contributed by atoms with Gasteiger partial charge in [0.05, 0.1) is 0 Å². The van der Waals surface area contributed by atoms with Gasteiger partial charge in [-0.15, -0.1) is 5.10 Å². The Kier molecular flexibility index (Phi) is 4.47. The van der Waals surface area contributed by atoms with Crippen molar-refractivity contribution in [2.75, 3.05) is 5.32 Å². The summed E-state index contributed by atoms with van der Waals surface area (Å²) in [5.41, 5.74) is -1.08. The quantitative estimate of drug-likeness (QED) is 0.716. The zero-order chi connectivity index (χ0) is 14.7. The third-order valence-corrected chi connectivity index (χ3v) is 2.50. The van der Waals surface area contributed by atoms with Crippen molar-refractivity contribution >= 4 is 11.7 Å². The predicted molar refractivity (Wildman–Crippen MR) is 71.1 cm³/mol. The van der Waals surface area contributed by atoms with Crippen LogP contribution in [0.5, 0.6) is 0 Å². The molecule has 1 aromatic rings. The lowest BCUT2D eigenvalue weighted by Crippen LogP contribution is -2.45. The third kappa shape index (κ3) is 3.43. The van der Waals surface area contributed by atoms with E-state index in [0.29, 0.717) is 0 Å². The van der Waals surface area contributed by atoms with Gasteiger partial charge in [0, 0.05) is 20.1 Å². The molecule has 1 aromatic heterocycles. The average molecular weight is 269 g/mol. The highest BCUT2D eigenvalue weighted by molar-refractivity contribution is 5.83. The number of anilines is 1. The lowest BCUT2D eigenvalue weighted by molar-refractivity contribution is -0.122. The van der Waals surface area contributed by atoms with Gasteiger partial charge in [-0.1, -0.05) is 0 Å². The van der Waals surface area contributed by atoms with Crippen LogP contribution in [0.25, 0.3) is 0 Å². The molecule has 0 aliphatic carbocycles. The topological polar surface area (TPSA) is 98.0 Å². The Hall–Kier alpha value is -2.12. The molecule has 0 bridgehead atoms. The van der Waals surface area contributed by atoms with Gasteiger partial charge < -0.3 is 10.6 Å².